The zero-order chi connectivity index (χ0) is 15.3. The average molecular weight is 339 g/mol. The molecule has 0 bridgehead atoms. The quantitative estimate of drug-likeness (QED) is 0.800. The van der Waals surface area contributed by atoms with Crippen molar-refractivity contribution in [3.8, 4) is 0 Å². The van der Waals surface area contributed by atoms with E-state index in [0.29, 0.717) is 10.6 Å². The summed E-state index contributed by atoms with van der Waals surface area (Å²) in [4.78, 5) is -0.0123. The molecule has 1 atom stereocenters. The third kappa shape index (κ3) is 4.33. The molecule has 7 heteroatoms. The lowest BCUT2D eigenvalue weighted by atomic mass is 10.1. The van der Waals surface area contributed by atoms with Crippen LogP contribution >= 0.6 is 23.2 Å². The Morgan fingerprint density at radius 1 is 1.30 bits per heavy atom. The smallest absolute Gasteiger partial charge is 0.242 e. The molecule has 0 amide bonds. The second-order valence-electron chi connectivity index (χ2n) is 4.60. The van der Waals surface area contributed by atoms with E-state index in [-0.39, 0.29) is 22.5 Å². The lowest BCUT2D eigenvalue weighted by Gasteiger charge is -2.18. The van der Waals surface area contributed by atoms with E-state index in [4.69, 9.17) is 28.9 Å². The molecule has 0 radical (unpaired) electrons. The zero-order valence-corrected chi connectivity index (χ0v) is 13.9. The molecule has 0 aliphatic rings. The highest BCUT2D eigenvalue weighted by Crippen LogP contribution is 2.29. The second-order valence-corrected chi connectivity index (χ2v) is 7.09. The first-order chi connectivity index (χ1) is 9.35. The summed E-state index contributed by atoms with van der Waals surface area (Å²) in [6.07, 6.45) is 2.39. The van der Waals surface area contributed by atoms with Crippen molar-refractivity contribution in [2.75, 3.05) is 0 Å². The molecule has 0 spiro atoms. The molecule has 0 aliphatic heterocycles. The number of nitrogens with two attached hydrogens (primary N) is 1. The van der Waals surface area contributed by atoms with E-state index in [1.807, 2.05) is 13.8 Å². The van der Waals surface area contributed by atoms with E-state index in [9.17, 15) is 8.42 Å². The minimum absolute atomic E-state index is 0.0123. The first-order valence-electron chi connectivity index (χ1n) is 6.56. The van der Waals surface area contributed by atoms with Crippen LogP contribution in [0.15, 0.2) is 17.0 Å². The van der Waals surface area contributed by atoms with Crippen molar-refractivity contribution in [1.29, 1.82) is 0 Å². The largest absolute Gasteiger partial charge is 0.326 e. The Labute approximate surface area is 130 Å². The van der Waals surface area contributed by atoms with Gasteiger partial charge in [0.05, 0.1) is 5.02 Å². The normalized spacial score (nSPS) is 13.4. The van der Waals surface area contributed by atoms with Crippen LogP contribution in [0, 0.1) is 0 Å². The predicted octanol–water partition coefficient (Wildman–Crippen LogP) is 3.31. The number of halogens is 2. The molecule has 4 nitrogen and oxygen atoms in total. The van der Waals surface area contributed by atoms with Gasteiger partial charge in [-0.15, -0.1) is 0 Å². The fourth-order valence-corrected chi connectivity index (χ4v) is 4.24. The third-order valence-corrected chi connectivity index (χ3v) is 5.36. The fourth-order valence-electron chi connectivity index (χ4n) is 1.94. The first kappa shape index (κ1) is 17.7. The Morgan fingerprint density at radius 2 is 1.95 bits per heavy atom. The molecule has 1 aromatic carbocycles. The van der Waals surface area contributed by atoms with E-state index in [0.717, 1.165) is 19.3 Å². The molecule has 0 fully saturated rings. The Kier molecular flexibility index (Phi) is 6.75. The molecular weight excluding hydrogens is 319 g/mol. The molecule has 114 valence electrons. The van der Waals surface area contributed by atoms with Gasteiger partial charge in [0, 0.05) is 17.6 Å². The fraction of sp³-hybridized carbons (Fsp3) is 0.538. The highest BCUT2D eigenvalue weighted by Gasteiger charge is 2.23. The lowest BCUT2D eigenvalue weighted by molar-refractivity contribution is 0.512. The van der Waals surface area contributed by atoms with Gasteiger partial charge in [0.25, 0.3) is 0 Å². The Morgan fingerprint density at radius 3 is 2.45 bits per heavy atom. The van der Waals surface area contributed by atoms with E-state index in [1.54, 1.807) is 6.07 Å². The molecule has 1 aromatic rings. The molecule has 3 N–H and O–H groups in total. The number of hydrogen-bond donors (Lipinski definition) is 2. The summed E-state index contributed by atoms with van der Waals surface area (Å²) >= 11 is 12.0. The average Bonchev–Trinajstić information content (AvgIpc) is 2.40. The third-order valence-electron chi connectivity index (χ3n) is 3.04. The number of hydrogen-bond acceptors (Lipinski definition) is 3. The van der Waals surface area contributed by atoms with Crippen molar-refractivity contribution in [1.82, 2.24) is 4.72 Å². The number of sulfonamides is 1. The number of benzene rings is 1. The molecule has 1 rings (SSSR count). The minimum Gasteiger partial charge on any atom is -0.326 e. The molecule has 0 aromatic heterocycles. The first-order valence-corrected chi connectivity index (χ1v) is 8.79. The van der Waals surface area contributed by atoms with Crippen LogP contribution in [0.2, 0.25) is 10.0 Å². The maximum atomic E-state index is 12.4. The summed E-state index contributed by atoms with van der Waals surface area (Å²) < 4.78 is 27.5. The van der Waals surface area contributed by atoms with Gasteiger partial charge < -0.3 is 5.73 Å². The van der Waals surface area contributed by atoms with Crippen molar-refractivity contribution in [3.63, 3.8) is 0 Å². The van der Waals surface area contributed by atoms with E-state index in [2.05, 4.69) is 4.72 Å². The van der Waals surface area contributed by atoms with Crippen LogP contribution < -0.4 is 10.5 Å². The standard InChI is InChI=1S/C13H20Cl2N2O2S/c1-3-5-11(4-2)17-20(18,19)12-7-10(14)6-9(8-16)13(12)15/h6-7,11,17H,3-5,8,16H2,1-2H3. The maximum absolute atomic E-state index is 12.4. The molecule has 0 aliphatic carbocycles. The summed E-state index contributed by atoms with van der Waals surface area (Å²) in [6.45, 7) is 4.08. The predicted molar refractivity (Wildman–Crippen MR) is 83.7 cm³/mol. The monoisotopic (exact) mass is 338 g/mol. The number of rotatable bonds is 7. The number of nitrogens with one attached hydrogen (secondary N) is 1. The van der Waals surface area contributed by atoms with Crippen LogP contribution in [0.3, 0.4) is 0 Å². The highest BCUT2D eigenvalue weighted by molar-refractivity contribution is 7.89. The van der Waals surface area contributed by atoms with Crippen LogP contribution in [0.5, 0.6) is 0 Å². The van der Waals surface area contributed by atoms with Crippen molar-refractivity contribution < 1.29 is 8.42 Å². The van der Waals surface area contributed by atoms with Gasteiger partial charge in [0.1, 0.15) is 4.90 Å². The van der Waals surface area contributed by atoms with Crippen LogP contribution in [0.25, 0.3) is 0 Å². The molecule has 1 unspecified atom stereocenters. The SMILES string of the molecule is CCCC(CC)NS(=O)(=O)c1cc(Cl)cc(CN)c1Cl. The van der Waals surface area contributed by atoms with Crippen LogP contribution in [0.4, 0.5) is 0 Å². The topological polar surface area (TPSA) is 72.2 Å². The summed E-state index contributed by atoms with van der Waals surface area (Å²) in [5, 5.41) is 0.439. The summed E-state index contributed by atoms with van der Waals surface area (Å²) in [5.74, 6) is 0. The molecule has 0 heterocycles. The molecule has 0 saturated carbocycles. The van der Waals surface area contributed by atoms with Crippen molar-refractivity contribution in [2.24, 2.45) is 5.73 Å². The Bertz CT molecular complexity index is 562. The van der Waals surface area contributed by atoms with Gasteiger partial charge >= 0.3 is 0 Å². The van der Waals surface area contributed by atoms with Crippen molar-refractivity contribution in [2.45, 2.75) is 50.6 Å². The van der Waals surface area contributed by atoms with Gasteiger partial charge in [-0.2, -0.15) is 0 Å². The van der Waals surface area contributed by atoms with Crippen LogP contribution in [-0.2, 0) is 16.6 Å². The molecule has 20 heavy (non-hydrogen) atoms. The van der Waals surface area contributed by atoms with Gasteiger partial charge in [-0.25, -0.2) is 13.1 Å². The van der Waals surface area contributed by atoms with Gasteiger partial charge in [-0.05, 0) is 30.5 Å². The van der Waals surface area contributed by atoms with Crippen LogP contribution in [-0.4, -0.2) is 14.5 Å². The van der Waals surface area contributed by atoms with Gasteiger partial charge in [0.2, 0.25) is 10.0 Å². The zero-order valence-electron chi connectivity index (χ0n) is 11.6. The highest BCUT2D eigenvalue weighted by atomic mass is 35.5. The molecular formula is C13H20Cl2N2O2S. The van der Waals surface area contributed by atoms with Gasteiger partial charge in [-0.3, -0.25) is 0 Å². The lowest BCUT2D eigenvalue weighted by Crippen LogP contribution is -2.34. The Hall–Kier alpha value is -0.330. The summed E-state index contributed by atoms with van der Waals surface area (Å²) in [5.41, 5.74) is 6.07. The van der Waals surface area contributed by atoms with E-state index >= 15 is 0 Å². The van der Waals surface area contributed by atoms with E-state index < -0.39 is 10.0 Å². The molecule has 0 saturated heterocycles. The van der Waals surface area contributed by atoms with Crippen molar-refractivity contribution >= 4 is 33.2 Å². The minimum atomic E-state index is -3.70. The van der Waals surface area contributed by atoms with Crippen molar-refractivity contribution in [3.05, 3.63) is 27.7 Å². The Balaban J connectivity index is 3.18. The summed E-state index contributed by atoms with van der Waals surface area (Å²) in [6, 6.07) is 2.82. The van der Waals surface area contributed by atoms with Crippen LogP contribution in [0.1, 0.15) is 38.7 Å². The summed E-state index contributed by atoms with van der Waals surface area (Å²) in [7, 11) is -3.70. The van der Waals surface area contributed by atoms with E-state index in [1.165, 1.54) is 6.07 Å². The van der Waals surface area contributed by atoms with Gasteiger partial charge in [-0.1, -0.05) is 43.5 Å². The van der Waals surface area contributed by atoms with Gasteiger partial charge in [0.15, 0.2) is 0 Å². The second kappa shape index (κ2) is 7.61. The maximum Gasteiger partial charge on any atom is 0.242 e.